The second-order valence-corrected chi connectivity index (χ2v) is 5.45. The van der Waals surface area contributed by atoms with Gasteiger partial charge in [-0.15, -0.1) is 5.10 Å². The van der Waals surface area contributed by atoms with E-state index in [2.05, 4.69) is 10.3 Å². The quantitative estimate of drug-likeness (QED) is 0.781. The largest absolute Gasteiger partial charge is 0.320 e. The fourth-order valence-corrected chi connectivity index (χ4v) is 2.27. The first-order chi connectivity index (χ1) is 7.57. The normalized spacial score (nSPS) is 19.7. The minimum Gasteiger partial charge on any atom is -0.320 e. The van der Waals surface area contributed by atoms with E-state index < -0.39 is 0 Å². The second kappa shape index (κ2) is 4.53. The van der Waals surface area contributed by atoms with Gasteiger partial charge in [0.15, 0.2) is 0 Å². The molecule has 4 heteroatoms. The average molecular weight is 222 g/mol. The maximum atomic E-state index is 6.01. The van der Waals surface area contributed by atoms with E-state index in [1.807, 2.05) is 24.7 Å². The molecule has 1 saturated carbocycles. The van der Waals surface area contributed by atoms with E-state index in [0.29, 0.717) is 6.04 Å². The van der Waals surface area contributed by atoms with Crippen LogP contribution in [-0.2, 0) is 5.54 Å². The number of hydrogen-bond donors (Lipinski definition) is 1. The van der Waals surface area contributed by atoms with Crippen LogP contribution < -0.4 is 5.73 Å². The predicted molar refractivity (Wildman–Crippen MR) is 64.0 cm³/mol. The Labute approximate surface area is 97.2 Å². The zero-order valence-electron chi connectivity index (χ0n) is 10.3. The van der Waals surface area contributed by atoms with Crippen LogP contribution in [0.1, 0.15) is 64.1 Å². The van der Waals surface area contributed by atoms with Crippen molar-refractivity contribution in [3.05, 3.63) is 11.9 Å². The third-order valence-corrected chi connectivity index (χ3v) is 3.37. The van der Waals surface area contributed by atoms with Gasteiger partial charge in [0.2, 0.25) is 0 Å². The third kappa shape index (κ3) is 2.61. The molecule has 0 atom stereocenters. The summed E-state index contributed by atoms with van der Waals surface area (Å²) in [5.74, 6) is 0. The van der Waals surface area contributed by atoms with Gasteiger partial charge in [0.05, 0.1) is 17.8 Å². The van der Waals surface area contributed by atoms with E-state index in [-0.39, 0.29) is 5.54 Å². The molecule has 0 unspecified atom stereocenters. The Balaban J connectivity index is 2.11. The molecule has 1 aliphatic rings. The van der Waals surface area contributed by atoms with Crippen LogP contribution in [-0.4, -0.2) is 15.0 Å². The van der Waals surface area contributed by atoms with Crippen molar-refractivity contribution in [3.8, 4) is 0 Å². The molecule has 90 valence electrons. The van der Waals surface area contributed by atoms with Gasteiger partial charge in [0.25, 0.3) is 0 Å². The maximum Gasteiger partial charge on any atom is 0.102 e. The smallest absolute Gasteiger partial charge is 0.102 e. The predicted octanol–water partition coefficient (Wildman–Crippen LogP) is 2.37. The molecule has 0 aliphatic heterocycles. The molecule has 1 heterocycles. The number of hydrogen-bond acceptors (Lipinski definition) is 3. The summed E-state index contributed by atoms with van der Waals surface area (Å²) in [4.78, 5) is 0. The molecule has 1 aromatic heterocycles. The summed E-state index contributed by atoms with van der Waals surface area (Å²) in [6, 6.07) is 0.533. The second-order valence-electron chi connectivity index (χ2n) is 5.45. The van der Waals surface area contributed by atoms with Crippen molar-refractivity contribution in [2.75, 3.05) is 0 Å². The van der Waals surface area contributed by atoms with Crippen LogP contribution in [0.4, 0.5) is 0 Å². The summed E-state index contributed by atoms with van der Waals surface area (Å²) in [7, 11) is 0. The number of aromatic nitrogens is 3. The lowest BCUT2D eigenvalue weighted by molar-refractivity contribution is 0.396. The lowest BCUT2D eigenvalue weighted by atomic mass is 10.0. The van der Waals surface area contributed by atoms with Gasteiger partial charge in [-0.05, 0) is 26.7 Å². The standard InChI is InChI=1S/C12H22N4/c1-12(2,13)11-9-16(15-14-11)10-7-5-3-4-6-8-10/h9-10H,3-8,13H2,1-2H3. The van der Waals surface area contributed by atoms with E-state index in [4.69, 9.17) is 5.73 Å². The van der Waals surface area contributed by atoms with Gasteiger partial charge in [0.1, 0.15) is 5.69 Å². The highest BCUT2D eigenvalue weighted by molar-refractivity contribution is 5.06. The van der Waals surface area contributed by atoms with Crippen molar-refractivity contribution in [1.82, 2.24) is 15.0 Å². The molecule has 2 N–H and O–H groups in total. The Morgan fingerprint density at radius 3 is 2.38 bits per heavy atom. The van der Waals surface area contributed by atoms with E-state index in [1.54, 1.807) is 0 Å². The molecule has 0 bridgehead atoms. The van der Waals surface area contributed by atoms with Crippen LogP contribution >= 0.6 is 0 Å². The summed E-state index contributed by atoms with van der Waals surface area (Å²) in [6.45, 7) is 3.93. The fourth-order valence-electron chi connectivity index (χ4n) is 2.27. The monoisotopic (exact) mass is 222 g/mol. The van der Waals surface area contributed by atoms with Crippen LogP contribution in [0.2, 0.25) is 0 Å². The molecular weight excluding hydrogens is 200 g/mol. The van der Waals surface area contributed by atoms with Crippen LogP contribution in [0, 0.1) is 0 Å². The van der Waals surface area contributed by atoms with Gasteiger partial charge in [0, 0.05) is 0 Å². The Kier molecular flexibility index (Phi) is 3.28. The molecule has 1 fully saturated rings. The molecule has 0 amide bonds. The van der Waals surface area contributed by atoms with E-state index in [1.165, 1.54) is 38.5 Å². The number of nitrogens with zero attached hydrogens (tertiary/aromatic N) is 3. The Hall–Kier alpha value is -0.900. The number of nitrogens with two attached hydrogens (primary N) is 1. The van der Waals surface area contributed by atoms with Crippen LogP contribution in [0.5, 0.6) is 0 Å². The molecule has 0 radical (unpaired) electrons. The van der Waals surface area contributed by atoms with E-state index in [9.17, 15) is 0 Å². The summed E-state index contributed by atoms with van der Waals surface area (Å²) < 4.78 is 2.02. The van der Waals surface area contributed by atoms with Crippen LogP contribution in [0.3, 0.4) is 0 Å². The van der Waals surface area contributed by atoms with Crippen LogP contribution in [0.25, 0.3) is 0 Å². The van der Waals surface area contributed by atoms with Crippen molar-refractivity contribution >= 4 is 0 Å². The lowest BCUT2D eigenvalue weighted by Crippen LogP contribution is -2.29. The van der Waals surface area contributed by atoms with Gasteiger partial charge in [-0.3, -0.25) is 0 Å². The van der Waals surface area contributed by atoms with Crippen molar-refractivity contribution < 1.29 is 0 Å². The zero-order valence-corrected chi connectivity index (χ0v) is 10.3. The van der Waals surface area contributed by atoms with Crippen LogP contribution in [0.15, 0.2) is 6.20 Å². The van der Waals surface area contributed by atoms with Crippen molar-refractivity contribution in [3.63, 3.8) is 0 Å². The summed E-state index contributed by atoms with van der Waals surface area (Å²) in [5, 5.41) is 8.42. The summed E-state index contributed by atoms with van der Waals surface area (Å²) >= 11 is 0. The Morgan fingerprint density at radius 2 is 1.88 bits per heavy atom. The molecule has 1 aromatic rings. The maximum absolute atomic E-state index is 6.01. The highest BCUT2D eigenvalue weighted by Gasteiger charge is 2.21. The SMILES string of the molecule is CC(C)(N)c1cn(C2CCCCCC2)nn1. The van der Waals surface area contributed by atoms with E-state index in [0.717, 1.165) is 5.69 Å². The first-order valence-corrected chi connectivity index (χ1v) is 6.28. The van der Waals surface area contributed by atoms with Crippen molar-refractivity contribution in [2.45, 2.75) is 64.0 Å². The van der Waals surface area contributed by atoms with Gasteiger partial charge < -0.3 is 5.73 Å². The van der Waals surface area contributed by atoms with Gasteiger partial charge in [-0.1, -0.05) is 30.9 Å². The lowest BCUT2D eigenvalue weighted by Gasteiger charge is -2.15. The molecule has 2 rings (SSSR count). The van der Waals surface area contributed by atoms with E-state index >= 15 is 0 Å². The first-order valence-electron chi connectivity index (χ1n) is 6.28. The van der Waals surface area contributed by atoms with Gasteiger partial charge in [-0.25, -0.2) is 4.68 Å². The van der Waals surface area contributed by atoms with Crippen molar-refractivity contribution in [1.29, 1.82) is 0 Å². The molecule has 0 spiro atoms. The number of rotatable bonds is 2. The minimum atomic E-state index is -0.386. The molecular formula is C12H22N4. The molecule has 1 aliphatic carbocycles. The van der Waals surface area contributed by atoms with Gasteiger partial charge >= 0.3 is 0 Å². The average Bonchev–Trinajstić information content (AvgIpc) is 2.55. The summed E-state index contributed by atoms with van der Waals surface area (Å²) in [6.07, 6.45) is 9.83. The molecule has 4 nitrogen and oxygen atoms in total. The Morgan fingerprint density at radius 1 is 1.25 bits per heavy atom. The molecule has 0 aromatic carbocycles. The zero-order chi connectivity index (χ0) is 11.6. The third-order valence-electron chi connectivity index (χ3n) is 3.37. The molecule has 0 saturated heterocycles. The first kappa shape index (κ1) is 11.6. The highest BCUT2D eigenvalue weighted by Crippen LogP contribution is 2.27. The summed E-state index contributed by atoms with van der Waals surface area (Å²) in [5.41, 5.74) is 6.51. The fraction of sp³-hybridized carbons (Fsp3) is 0.833. The molecule has 16 heavy (non-hydrogen) atoms. The topological polar surface area (TPSA) is 56.7 Å². The minimum absolute atomic E-state index is 0.386. The highest BCUT2D eigenvalue weighted by atomic mass is 15.4. The van der Waals surface area contributed by atoms with Gasteiger partial charge in [-0.2, -0.15) is 0 Å². The van der Waals surface area contributed by atoms with Crippen molar-refractivity contribution in [2.24, 2.45) is 5.73 Å². The Bertz CT molecular complexity index is 329.